The quantitative estimate of drug-likeness (QED) is 0.485. The first-order valence-corrected chi connectivity index (χ1v) is 3.79. The summed E-state index contributed by atoms with van der Waals surface area (Å²) in [5.74, 6) is 0. The van der Waals surface area contributed by atoms with Crippen LogP contribution in [0.5, 0.6) is 0 Å². The van der Waals surface area contributed by atoms with Gasteiger partial charge in [0.15, 0.2) is 7.85 Å². The van der Waals surface area contributed by atoms with E-state index in [4.69, 9.17) is 0 Å². The Morgan fingerprint density at radius 3 is 2.00 bits per heavy atom. The molecule has 1 aromatic rings. The zero-order valence-electron chi connectivity index (χ0n) is 7.55. The summed E-state index contributed by atoms with van der Waals surface area (Å²) >= 11 is 0. The molecular formula is C8H13BN2. The minimum absolute atomic E-state index is 0.160. The lowest BCUT2D eigenvalue weighted by Crippen LogP contribution is -2.18. The third kappa shape index (κ3) is 2.04. The Kier molecular flexibility index (Phi) is 1.98. The molecule has 58 valence electrons. The third-order valence-corrected chi connectivity index (χ3v) is 1.65. The van der Waals surface area contributed by atoms with Crippen molar-refractivity contribution in [2.45, 2.75) is 26.2 Å². The molecule has 3 heteroatoms. The molecule has 0 spiro atoms. The molecule has 0 aliphatic heterocycles. The molecule has 1 rings (SSSR count). The van der Waals surface area contributed by atoms with Crippen LogP contribution in [0.2, 0.25) is 0 Å². The van der Waals surface area contributed by atoms with Gasteiger partial charge in [0.1, 0.15) is 0 Å². The van der Waals surface area contributed by atoms with Crippen LogP contribution in [-0.2, 0) is 5.41 Å². The van der Waals surface area contributed by atoms with Crippen molar-refractivity contribution in [1.29, 1.82) is 0 Å². The number of aromatic nitrogens is 2. The molecule has 1 aromatic heterocycles. The zero-order valence-corrected chi connectivity index (χ0v) is 7.55. The smallest absolute Gasteiger partial charge is 0.189 e. The SMILES string of the molecule is Bc1ncc(C(C)(C)C)cn1. The first-order valence-electron chi connectivity index (χ1n) is 3.79. The van der Waals surface area contributed by atoms with Crippen molar-refractivity contribution in [3.63, 3.8) is 0 Å². The van der Waals surface area contributed by atoms with Crippen molar-refractivity contribution in [3.05, 3.63) is 18.0 Å². The maximum Gasteiger partial charge on any atom is 0.189 e. The Balaban J connectivity index is 2.99. The topological polar surface area (TPSA) is 25.8 Å². The van der Waals surface area contributed by atoms with Gasteiger partial charge in [-0.3, -0.25) is 9.97 Å². The van der Waals surface area contributed by atoms with E-state index in [2.05, 4.69) is 30.7 Å². The van der Waals surface area contributed by atoms with Gasteiger partial charge in [-0.25, -0.2) is 0 Å². The fourth-order valence-corrected chi connectivity index (χ4v) is 0.780. The van der Waals surface area contributed by atoms with Gasteiger partial charge in [0.05, 0.1) is 5.72 Å². The predicted octanol–water partition coefficient (Wildman–Crippen LogP) is 0.0325. The standard InChI is InChI=1S/C8H13BN2/c1-8(2,3)6-4-10-7(9)11-5-6/h4-5H,9H2,1-3H3. The molecular weight excluding hydrogens is 135 g/mol. The van der Waals surface area contributed by atoms with Gasteiger partial charge in [0.25, 0.3) is 0 Å². The van der Waals surface area contributed by atoms with Gasteiger partial charge in [-0.2, -0.15) is 0 Å². The molecule has 0 bridgehead atoms. The van der Waals surface area contributed by atoms with Crippen molar-refractivity contribution in [2.75, 3.05) is 0 Å². The van der Waals surface area contributed by atoms with Crippen LogP contribution in [0.4, 0.5) is 0 Å². The highest BCUT2D eigenvalue weighted by Crippen LogP contribution is 2.18. The highest BCUT2D eigenvalue weighted by Gasteiger charge is 2.13. The Hall–Kier alpha value is -0.855. The summed E-state index contributed by atoms with van der Waals surface area (Å²) in [7, 11) is 1.90. The summed E-state index contributed by atoms with van der Waals surface area (Å²) in [6.45, 7) is 6.46. The first-order chi connectivity index (χ1) is 5.00. The Labute approximate surface area is 68.5 Å². The summed E-state index contributed by atoms with van der Waals surface area (Å²) in [5, 5.41) is 0. The molecule has 0 aliphatic carbocycles. The fourth-order valence-electron chi connectivity index (χ4n) is 0.780. The lowest BCUT2D eigenvalue weighted by molar-refractivity contribution is 0.585. The van der Waals surface area contributed by atoms with Crippen LogP contribution < -0.4 is 5.72 Å². The van der Waals surface area contributed by atoms with Gasteiger partial charge in [-0.1, -0.05) is 20.8 Å². The van der Waals surface area contributed by atoms with Crippen LogP contribution in [0.25, 0.3) is 0 Å². The predicted molar refractivity (Wildman–Crippen MR) is 48.9 cm³/mol. The number of hydrogen-bond donors (Lipinski definition) is 0. The molecule has 0 saturated carbocycles. The molecule has 0 unspecified atom stereocenters. The Morgan fingerprint density at radius 1 is 1.18 bits per heavy atom. The van der Waals surface area contributed by atoms with Crippen LogP contribution >= 0.6 is 0 Å². The van der Waals surface area contributed by atoms with Crippen molar-refractivity contribution in [1.82, 2.24) is 9.97 Å². The molecule has 0 radical (unpaired) electrons. The van der Waals surface area contributed by atoms with Crippen LogP contribution in [0.1, 0.15) is 26.3 Å². The van der Waals surface area contributed by atoms with Crippen molar-refractivity contribution in [3.8, 4) is 0 Å². The molecule has 0 fully saturated rings. The van der Waals surface area contributed by atoms with E-state index in [-0.39, 0.29) is 5.41 Å². The summed E-state index contributed by atoms with van der Waals surface area (Å²) in [4.78, 5) is 8.27. The maximum atomic E-state index is 4.13. The molecule has 0 N–H and O–H groups in total. The zero-order chi connectivity index (χ0) is 8.48. The Morgan fingerprint density at radius 2 is 1.64 bits per heavy atom. The van der Waals surface area contributed by atoms with Gasteiger partial charge < -0.3 is 0 Å². The van der Waals surface area contributed by atoms with Gasteiger partial charge in [0, 0.05) is 12.4 Å². The second-order valence-corrected chi connectivity index (χ2v) is 3.77. The number of hydrogen-bond acceptors (Lipinski definition) is 2. The van der Waals surface area contributed by atoms with E-state index in [1.54, 1.807) is 0 Å². The third-order valence-electron chi connectivity index (χ3n) is 1.65. The van der Waals surface area contributed by atoms with E-state index in [0.717, 1.165) is 5.72 Å². The van der Waals surface area contributed by atoms with Gasteiger partial charge in [0.2, 0.25) is 0 Å². The van der Waals surface area contributed by atoms with Crippen molar-refractivity contribution < 1.29 is 0 Å². The van der Waals surface area contributed by atoms with Crippen LogP contribution in [0.3, 0.4) is 0 Å². The lowest BCUT2D eigenvalue weighted by Gasteiger charge is -2.17. The van der Waals surface area contributed by atoms with Crippen LogP contribution in [0.15, 0.2) is 12.4 Å². The molecule has 0 saturated heterocycles. The average molecular weight is 148 g/mol. The normalized spacial score (nSPS) is 11.5. The van der Waals surface area contributed by atoms with Gasteiger partial charge in [-0.15, -0.1) is 0 Å². The van der Waals surface area contributed by atoms with Crippen molar-refractivity contribution in [2.24, 2.45) is 0 Å². The second-order valence-electron chi connectivity index (χ2n) is 3.77. The minimum Gasteiger partial charge on any atom is -0.253 e. The minimum atomic E-state index is 0.160. The fraction of sp³-hybridized carbons (Fsp3) is 0.500. The molecule has 11 heavy (non-hydrogen) atoms. The number of rotatable bonds is 0. The summed E-state index contributed by atoms with van der Waals surface area (Å²) in [6.07, 6.45) is 3.78. The summed E-state index contributed by atoms with van der Waals surface area (Å²) in [5.41, 5.74) is 2.18. The molecule has 0 amide bonds. The maximum absolute atomic E-state index is 4.13. The van der Waals surface area contributed by atoms with E-state index < -0.39 is 0 Å². The second kappa shape index (κ2) is 2.64. The largest absolute Gasteiger partial charge is 0.253 e. The van der Waals surface area contributed by atoms with Crippen molar-refractivity contribution >= 4 is 13.6 Å². The highest BCUT2D eigenvalue weighted by molar-refractivity contribution is 6.28. The van der Waals surface area contributed by atoms with E-state index >= 15 is 0 Å². The molecule has 0 atom stereocenters. The Bertz CT molecular complexity index is 235. The van der Waals surface area contributed by atoms with E-state index in [1.165, 1.54) is 5.56 Å². The molecule has 0 aromatic carbocycles. The van der Waals surface area contributed by atoms with E-state index in [9.17, 15) is 0 Å². The monoisotopic (exact) mass is 148 g/mol. The molecule has 2 nitrogen and oxygen atoms in total. The van der Waals surface area contributed by atoms with Crippen LogP contribution in [0, 0.1) is 0 Å². The first kappa shape index (κ1) is 8.24. The molecule has 1 heterocycles. The average Bonchev–Trinajstić information content (AvgIpc) is 1.86. The van der Waals surface area contributed by atoms with E-state index in [1.807, 2.05) is 20.2 Å². The summed E-state index contributed by atoms with van der Waals surface area (Å²) in [6, 6.07) is 0. The molecule has 0 aliphatic rings. The summed E-state index contributed by atoms with van der Waals surface area (Å²) < 4.78 is 0. The highest BCUT2D eigenvalue weighted by atomic mass is 14.8. The number of nitrogens with zero attached hydrogens (tertiary/aromatic N) is 2. The van der Waals surface area contributed by atoms with Crippen LogP contribution in [-0.4, -0.2) is 17.8 Å². The lowest BCUT2D eigenvalue weighted by atomic mass is 9.89. The van der Waals surface area contributed by atoms with Gasteiger partial charge >= 0.3 is 0 Å². The van der Waals surface area contributed by atoms with Gasteiger partial charge in [-0.05, 0) is 11.0 Å². The van der Waals surface area contributed by atoms with E-state index in [0.29, 0.717) is 0 Å².